The number of ether oxygens (including phenoxy) is 1. The van der Waals surface area contributed by atoms with Crippen LogP contribution in [0, 0.1) is 5.92 Å². The quantitative estimate of drug-likeness (QED) is 0.303. The van der Waals surface area contributed by atoms with Gasteiger partial charge in [-0.1, -0.05) is 49.4 Å². The largest absolute Gasteiger partial charge is 0.497 e. The van der Waals surface area contributed by atoms with Gasteiger partial charge in [0.1, 0.15) is 5.75 Å². The Morgan fingerprint density at radius 2 is 1.86 bits per heavy atom. The first-order chi connectivity index (χ1) is 21.2. The van der Waals surface area contributed by atoms with Crippen LogP contribution in [0.15, 0.2) is 91.5 Å². The van der Waals surface area contributed by atoms with Crippen molar-refractivity contribution in [1.29, 1.82) is 0 Å². The molecular formula is C35H37N3O6. The maximum atomic E-state index is 13.7. The zero-order valence-corrected chi connectivity index (χ0v) is 24.9. The molecule has 2 aliphatic heterocycles. The summed E-state index contributed by atoms with van der Waals surface area (Å²) in [5, 5.41) is 24.8. The molecule has 9 heteroatoms. The van der Waals surface area contributed by atoms with Gasteiger partial charge in [0.15, 0.2) is 5.60 Å². The van der Waals surface area contributed by atoms with E-state index in [-0.39, 0.29) is 37.4 Å². The number of amides is 3. The van der Waals surface area contributed by atoms with Gasteiger partial charge < -0.3 is 30.1 Å². The molecule has 0 aliphatic carbocycles. The van der Waals surface area contributed by atoms with Crippen molar-refractivity contribution in [3.63, 3.8) is 0 Å². The lowest BCUT2D eigenvalue weighted by Crippen LogP contribution is -2.46. The number of methoxy groups -OCH3 is 1. The Bertz CT molecular complexity index is 1600. The summed E-state index contributed by atoms with van der Waals surface area (Å²) >= 11 is 0. The molecule has 2 heterocycles. The van der Waals surface area contributed by atoms with E-state index < -0.39 is 17.4 Å². The number of hydrogen-bond acceptors (Lipinski definition) is 6. The Kier molecular flexibility index (Phi) is 8.98. The second kappa shape index (κ2) is 12.9. The predicted octanol–water partition coefficient (Wildman–Crippen LogP) is 4.20. The molecule has 0 radical (unpaired) electrons. The van der Waals surface area contributed by atoms with Crippen molar-refractivity contribution in [2.24, 2.45) is 5.92 Å². The van der Waals surface area contributed by atoms with Gasteiger partial charge in [0.25, 0.3) is 11.8 Å². The van der Waals surface area contributed by atoms with Crippen LogP contribution in [0.1, 0.15) is 40.4 Å². The van der Waals surface area contributed by atoms with Crippen molar-refractivity contribution in [1.82, 2.24) is 4.90 Å². The summed E-state index contributed by atoms with van der Waals surface area (Å²) in [5.74, 6) is -1.09. The molecule has 5 rings (SSSR count). The summed E-state index contributed by atoms with van der Waals surface area (Å²) < 4.78 is 5.16. The third-order valence-corrected chi connectivity index (χ3v) is 8.45. The second-order valence-corrected chi connectivity index (χ2v) is 11.1. The van der Waals surface area contributed by atoms with Crippen LogP contribution in [0.5, 0.6) is 5.75 Å². The first kappa shape index (κ1) is 30.7. The Morgan fingerprint density at radius 3 is 2.55 bits per heavy atom. The minimum atomic E-state index is -1.93. The van der Waals surface area contributed by atoms with Crippen LogP contribution in [-0.2, 0) is 28.2 Å². The molecule has 228 valence electrons. The number of benzene rings is 3. The molecule has 0 bridgehead atoms. The number of nitrogens with one attached hydrogen (secondary N) is 1. The molecule has 3 aromatic carbocycles. The third-order valence-electron chi connectivity index (χ3n) is 8.45. The number of aliphatic hydroxyl groups is 2. The molecular weight excluding hydrogens is 558 g/mol. The molecule has 3 atom stereocenters. The highest BCUT2D eigenvalue weighted by molar-refractivity contribution is 6.09. The summed E-state index contributed by atoms with van der Waals surface area (Å²) in [5.41, 5.74) is 1.97. The van der Waals surface area contributed by atoms with E-state index in [9.17, 15) is 24.6 Å². The van der Waals surface area contributed by atoms with E-state index in [0.717, 1.165) is 11.1 Å². The summed E-state index contributed by atoms with van der Waals surface area (Å²) in [7, 11) is 1.55. The lowest BCUT2D eigenvalue weighted by molar-refractivity contribution is -0.139. The zero-order valence-electron chi connectivity index (χ0n) is 24.9. The summed E-state index contributed by atoms with van der Waals surface area (Å²) in [6.07, 6.45) is 5.55. The standard InChI is InChI=1S/C35H37N3O6/c1-4-18-37-31-17-14-27(36-33(41)24-12-15-29(44-3)16-13-24)20-30(31)35(43,34(37)42)23(2)8-7-11-32(40)38-21-26-10-6-5-9-25(26)19-28(38)22-39/h4-10,12-17,20,23,28,39,43H,1,11,18-19,21-22H2,2-3H3,(H,36,41)/b8-7+/t23-,28-,35+/m0/s1. The minimum Gasteiger partial charge on any atom is -0.497 e. The lowest BCUT2D eigenvalue weighted by Gasteiger charge is -2.36. The van der Waals surface area contributed by atoms with Gasteiger partial charge in [-0.05, 0) is 60.0 Å². The fraction of sp³-hybridized carbons (Fsp3) is 0.286. The van der Waals surface area contributed by atoms with Gasteiger partial charge in [-0.3, -0.25) is 14.4 Å². The average molecular weight is 596 g/mol. The maximum absolute atomic E-state index is 13.7. The second-order valence-electron chi connectivity index (χ2n) is 11.1. The highest BCUT2D eigenvalue weighted by Gasteiger charge is 2.52. The van der Waals surface area contributed by atoms with Gasteiger partial charge in [-0.25, -0.2) is 0 Å². The lowest BCUT2D eigenvalue weighted by atomic mass is 9.82. The number of hydrogen-bond donors (Lipinski definition) is 3. The van der Waals surface area contributed by atoms with Crippen molar-refractivity contribution in [2.45, 2.75) is 38.0 Å². The van der Waals surface area contributed by atoms with Crippen molar-refractivity contribution < 1.29 is 29.3 Å². The fourth-order valence-corrected chi connectivity index (χ4v) is 5.95. The Hall–Kier alpha value is -4.73. The van der Waals surface area contributed by atoms with Crippen molar-refractivity contribution in [2.75, 3.05) is 30.5 Å². The van der Waals surface area contributed by atoms with E-state index in [4.69, 9.17) is 4.74 Å². The summed E-state index contributed by atoms with van der Waals surface area (Å²) in [6.45, 7) is 5.95. The van der Waals surface area contributed by atoms with Crippen LogP contribution in [0.3, 0.4) is 0 Å². The molecule has 9 nitrogen and oxygen atoms in total. The van der Waals surface area contributed by atoms with E-state index in [1.807, 2.05) is 24.3 Å². The summed E-state index contributed by atoms with van der Waals surface area (Å²) in [6, 6.07) is 19.3. The van der Waals surface area contributed by atoms with Crippen LogP contribution >= 0.6 is 0 Å². The van der Waals surface area contributed by atoms with Crippen LogP contribution in [-0.4, -0.2) is 59.1 Å². The number of nitrogens with zero attached hydrogens (tertiary/aromatic N) is 2. The van der Waals surface area contributed by atoms with Crippen LogP contribution < -0.4 is 15.0 Å². The topological polar surface area (TPSA) is 119 Å². The smallest absolute Gasteiger partial charge is 0.264 e. The van der Waals surface area contributed by atoms with E-state index in [2.05, 4.69) is 11.9 Å². The van der Waals surface area contributed by atoms with Crippen LogP contribution in [0.2, 0.25) is 0 Å². The highest BCUT2D eigenvalue weighted by Crippen LogP contribution is 2.46. The fourth-order valence-electron chi connectivity index (χ4n) is 5.95. The highest BCUT2D eigenvalue weighted by atomic mass is 16.5. The minimum absolute atomic E-state index is 0.0501. The van der Waals surface area contributed by atoms with Gasteiger partial charge in [0, 0.05) is 42.2 Å². The molecule has 2 aliphatic rings. The van der Waals surface area contributed by atoms with Gasteiger partial charge in [0.2, 0.25) is 5.91 Å². The normalized spacial score (nSPS) is 19.8. The predicted molar refractivity (Wildman–Crippen MR) is 168 cm³/mol. The first-order valence-electron chi connectivity index (χ1n) is 14.6. The van der Waals surface area contributed by atoms with Gasteiger partial charge >= 0.3 is 0 Å². The van der Waals surface area contributed by atoms with E-state index in [1.165, 1.54) is 4.90 Å². The Balaban J connectivity index is 1.35. The van der Waals surface area contributed by atoms with Crippen LogP contribution in [0.4, 0.5) is 11.4 Å². The first-order valence-corrected chi connectivity index (χ1v) is 14.6. The Morgan fingerprint density at radius 1 is 1.14 bits per heavy atom. The molecule has 0 fully saturated rings. The average Bonchev–Trinajstić information content (AvgIpc) is 3.26. The van der Waals surface area contributed by atoms with E-state index >= 15 is 0 Å². The van der Waals surface area contributed by atoms with Gasteiger partial charge in [-0.15, -0.1) is 6.58 Å². The molecule has 3 aromatic rings. The number of carbonyl (C=O) groups excluding carboxylic acids is 3. The molecule has 0 aromatic heterocycles. The molecule has 3 amide bonds. The van der Waals surface area contributed by atoms with Crippen molar-refractivity contribution >= 4 is 29.1 Å². The molecule has 3 N–H and O–H groups in total. The van der Waals surface area contributed by atoms with Crippen molar-refractivity contribution in [3.8, 4) is 5.75 Å². The van der Waals surface area contributed by atoms with Gasteiger partial charge in [-0.2, -0.15) is 0 Å². The number of fused-ring (bicyclic) bond motifs is 2. The summed E-state index contributed by atoms with van der Waals surface area (Å²) in [4.78, 5) is 43.0. The molecule has 0 saturated carbocycles. The van der Waals surface area contributed by atoms with Crippen molar-refractivity contribution in [3.05, 3.63) is 114 Å². The number of anilines is 2. The van der Waals surface area contributed by atoms with Gasteiger partial charge in [0.05, 0.1) is 25.4 Å². The van der Waals surface area contributed by atoms with E-state index in [1.54, 1.807) is 79.6 Å². The maximum Gasteiger partial charge on any atom is 0.264 e. The van der Waals surface area contributed by atoms with Crippen LogP contribution in [0.25, 0.3) is 0 Å². The SMILES string of the molecule is C=CCN1C(=O)[C@@](O)([C@@H](C)/C=C/CC(=O)N2Cc3ccccc3C[C@H]2CO)c2cc(NC(=O)c3ccc(OC)cc3)ccc21. The molecule has 44 heavy (non-hydrogen) atoms. The number of rotatable bonds is 10. The number of aliphatic hydroxyl groups excluding tert-OH is 1. The molecule has 0 saturated heterocycles. The monoisotopic (exact) mass is 595 g/mol. The Labute approximate surface area is 257 Å². The number of carbonyl (C=O) groups is 3. The van der Waals surface area contributed by atoms with E-state index in [0.29, 0.717) is 41.2 Å². The zero-order chi connectivity index (χ0) is 31.4. The molecule has 0 unspecified atom stereocenters. The molecule has 0 spiro atoms. The third kappa shape index (κ3) is 5.76.